The Hall–Kier alpha value is -0.930. The van der Waals surface area contributed by atoms with Gasteiger partial charge in [0.05, 0.1) is 11.7 Å². The lowest BCUT2D eigenvalue weighted by molar-refractivity contribution is -0.0241. The first-order valence-electron chi connectivity index (χ1n) is 7.11. The van der Waals surface area contributed by atoms with Gasteiger partial charge in [0.1, 0.15) is 5.82 Å². The number of hydrogen-bond donors (Lipinski definition) is 1. The third-order valence-corrected chi connectivity index (χ3v) is 3.95. The molecule has 2 nitrogen and oxygen atoms in total. The van der Waals surface area contributed by atoms with Gasteiger partial charge in [0.15, 0.2) is 0 Å². The van der Waals surface area contributed by atoms with Crippen molar-refractivity contribution in [3.05, 3.63) is 35.6 Å². The molecule has 1 heterocycles. The quantitative estimate of drug-likeness (QED) is 0.886. The van der Waals surface area contributed by atoms with Crippen LogP contribution < -0.4 is 5.73 Å². The first-order chi connectivity index (χ1) is 9.00. The average molecular weight is 265 g/mol. The molecule has 0 bridgehead atoms. The summed E-state index contributed by atoms with van der Waals surface area (Å²) in [6.45, 7) is 4.83. The molecule has 19 heavy (non-hydrogen) atoms. The smallest absolute Gasteiger partial charge is 0.126 e. The van der Waals surface area contributed by atoms with Crippen molar-refractivity contribution in [1.82, 2.24) is 0 Å². The van der Waals surface area contributed by atoms with Gasteiger partial charge in [0.2, 0.25) is 0 Å². The minimum absolute atomic E-state index is 0.0121. The summed E-state index contributed by atoms with van der Waals surface area (Å²) < 4.78 is 19.7. The highest BCUT2D eigenvalue weighted by Crippen LogP contribution is 2.33. The van der Waals surface area contributed by atoms with Crippen molar-refractivity contribution in [3.63, 3.8) is 0 Å². The van der Waals surface area contributed by atoms with Crippen LogP contribution in [0.4, 0.5) is 4.39 Å². The van der Waals surface area contributed by atoms with Gasteiger partial charge in [-0.05, 0) is 63.6 Å². The Morgan fingerprint density at radius 2 is 2.16 bits per heavy atom. The summed E-state index contributed by atoms with van der Waals surface area (Å²) in [6.07, 6.45) is 4.07. The summed E-state index contributed by atoms with van der Waals surface area (Å²) in [7, 11) is 0. The predicted octanol–water partition coefficient (Wildman–Crippen LogP) is 3.29. The third-order valence-electron chi connectivity index (χ3n) is 3.95. The van der Waals surface area contributed by atoms with E-state index in [4.69, 9.17) is 10.5 Å². The summed E-state index contributed by atoms with van der Waals surface area (Å²) in [5.41, 5.74) is 6.59. The van der Waals surface area contributed by atoms with Crippen LogP contribution in [0.25, 0.3) is 0 Å². The second kappa shape index (κ2) is 6.02. The van der Waals surface area contributed by atoms with Crippen molar-refractivity contribution in [3.8, 4) is 0 Å². The Bertz CT molecular complexity index is 419. The summed E-state index contributed by atoms with van der Waals surface area (Å²) in [4.78, 5) is 0. The van der Waals surface area contributed by atoms with Crippen molar-refractivity contribution < 1.29 is 9.13 Å². The van der Waals surface area contributed by atoms with E-state index in [1.165, 1.54) is 6.07 Å². The van der Waals surface area contributed by atoms with Crippen LogP contribution in [0, 0.1) is 11.7 Å². The zero-order chi connectivity index (χ0) is 13.9. The molecule has 0 amide bonds. The Kier molecular flexibility index (Phi) is 4.58. The fourth-order valence-corrected chi connectivity index (χ4v) is 2.85. The molecule has 0 radical (unpaired) electrons. The summed E-state index contributed by atoms with van der Waals surface area (Å²) in [5, 5.41) is 0. The van der Waals surface area contributed by atoms with E-state index >= 15 is 0 Å². The largest absolute Gasteiger partial charge is 0.372 e. The molecule has 2 atom stereocenters. The van der Waals surface area contributed by atoms with Gasteiger partial charge < -0.3 is 10.5 Å². The third kappa shape index (κ3) is 4.02. The Balaban J connectivity index is 1.93. The van der Waals surface area contributed by atoms with Gasteiger partial charge in [-0.25, -0.2) is 4.39 Å². The fraction of sp³-hybridized carbons (Fsp3) is 0.625. The second-order valence-electron chi connectivity index (χ2n) is 6.17. The molecule has 1 aliphatic rings. The van der Waals surface area contributed by atoms with Crippen LogP contribution in [0.5, 0.6) is 0 Å². The number of halogens is 1. The molecular formula is C16H24FNO. The Morgan fingerprint density at radius 3 is 2.74 bits per heavy atom. The first-order valence-corrected chi connectivity index (χ1v) is 7.11. The number of ether oxygens (including phenoxy) is 1. The molecule has 2 rings (SSSR count). The van der Waals surface area contributed by atoms with Crippen LogP contribution in [-0.2, 0) is 11.2 Å². The lowest BCUT2D eigenvalue weighted by Gasteiger charge is -2.23. The van der Waals surface area contributed by atoms with Crippen molar-refractivity contribution in [2.75, 3.05) is 6.54 Å². The standard InChI is InChI=1S/C16H24FNO/c1-16(2)8-7-14(19-16)10-12(11-18)9-13-5-3-4-6-15(13)17/h3-6,12,14H,7-11,18H2,1-2H3. The van der Waals surface area contributed by atoms with Crippen molar-refractivity contribution in [1.29, 1.82) is 0 Å². The molecule has 0 aromatic heterocycles. The van der Waals surface area contributed by atoms with E-state index in [1.807, 2.05) is 12.1 Å². The predicted molar refractivity (Wildman–Crippen MR) is 75.5 cm³/mol. The van der Waals surface area contributed by atoms with Crippen LogP contribution in [0.1, 0.15) is 38.7 Å². The molecular weight excluding hydrogens is 241 g/mol. The molecule has 0 spiro atoms. The van der Waals surface area contributed by atoms with Gasteiger partial charge in [0.25, 0.3) is 0 Å². The highest BCUT2D eigenvalue weighted by Gasteiger charge is 2.32. The van der Waals surface area contributed by atoms with Crippen LogP contribution in [-0.4, -0.2) is 18.2 Å². The second-order valence-corrected chi connectivity index (χ2v) is 6.17. The van der Waals surface area contributed by atoms with Gasteiger partial charge in [-0.2, -0.15) is 0 Å². The maximum absolute atomic E-state index is 13.7. The van der Waals surface area contributed by atoms with Gasteiger partial charge in [0, 0.05) is 0 Å². The number of benzene rings is 1. The maximum Gasteiger partial charge on any atom is 0.126 e. The monoisotopic (exact) mass is 265 g/mol. The SMILES string of the molecule is CC1(C)CCC(CC(CN)Cc2ccccc2F)O1. The number of rotatable bonds is 5. The number of nitrogens with two attached hydrogens (primary N) is 1. The van der Waals surface area contributed by atoms with Crippen molar-refractivity contribution in [2.24, 2.45) is 11.7 Å². The van der Waals surface area contributed by atoms with Gasteiger partial charge in [-0.15, -0.1) is 0 Å². The highest BCUT2D eigenvalue weighted by atomic mass is 19.1. The average Bonchev–Trinajstić information content (AvgIpc) is 2.70. The van der Waals surface area contributed by atoms with E-state index in [-0.39, 0.29) is 23.4 Å². The van der Waals surface area contributed by atoms with Crippen LogP contribution in [0.2, 0.25) is 0 Å². The molecule has 1 fully saturated rings. The molecule has 2 N–H and O–H groups in total. The van der Waals surface area contributed by atoms with Crippen LogP contribution in [0.15, 0.2) is 24.3 Å². The van der Waals surface area contributed by atoms with E-state index in [9.17, 15) is 4.39 Å². The lowest BCUT2D eigenvalue weighted by Crippen LogP contribution is -2.25. The summed E-state index contributed by atoms with van der Waals surface area (Å²) in [6, 6.07) is 6.95. The first kappa shape index (κ1) is 14.5. The molecule has 2 unspecified atom stereocenters. The van der Waals surface area contributed by atoms with Gasteiger partial charge in [-0.1, -0.05) is 18.2 Å². The zero-order valence-electron chi connectivity index (χ0n) is 11.9. The molecule has 0 saturated carbocycles. The molecule has 1 aliphatic heterocycles. The number of hydrogen-bond acceptors (Lipinski definition) is 2. The fourth-order valence-electron chi connectivity index (χ4n) is 2.85. The molecule has 0 aliphatic carbocycles. The van der Waals surface area contributed by atoms with E-state index in [0.717, 1.165) is 24.8 Å². The van der Waals surface area contributed by atoms with E-state index < -0.39 is 0 Å². The minimum Gasteiger partial charge on any atom is -0.372 e. The van der Waals surface area contributed by atoms with Crippen molar-refractivity contribution in [2.45, 2.75) is 51.2 Å². The highest BCUT2D eigenvalue weighted by molar-refractivity contribution is 5.17. The normalized spacial score (nSPS) is 23.5. The summed E-state index contributed by atoms with van der Waals surface area (Å²) in [5.74, 6) is 0.157. The van der Waals surface area contributed by atoms with Gasteiger partial charge >= 0.3 is 0 Å². The lowest BCUT2D eigenvalue weighted by atomic mass is 9.92. The Morgan fingerprint density at radius 1 is 1.42 bits per heavy atom. The van der Waals surface area contributed by atoms with Crippen molar-refractivity contribution >= 4 is 0 Å². The Labute approximate surface area is 115 Å². The molecule has 1 saturated heterocycles. The molecule has 1 aromatic carbocycles. The minimum atomic E-state index is -0.131. The van der Waals surface area contributed by atoms with E-state index in [1.54, 1.807) is 6.07 Å². The maximum atomic E-state index is 13.7. The molecule has 106 valence electrons. The topological polar surface area (TPSA) is 35.2 Å². The van der Waals surface area contributed by atoms with Crippen LogP contribution >= 0.6 is 0 Å². The summed E-state index contributed by atoms with van der Waals surface area (Å²) >= 11 is 0. The zero-order valence-corrected chi connectivity index (χ0v) is 11.9. The van der Waals surface area contributed by atoms with E-state index in [0.29, 0.717) is 13.0 Å². The molecule has 3 heteroatoms. The molecule has 1 aromatic rings. The van der Waals surface area contributed by atoms with E-state index in [2.05, 4.69) is 13.8 Å². The van der Waals surface area contributed by atoms with Gasteiger partial charge in [-0.3, -0.25) is 0 Å². The van der Waals surface area contributed by atoms with Crippen LogP contribution in [0.3, 0.4) is 0 Å².